The molecule has 1 aromatic rings. The van der Waals surface area contributed by atoms with Crippen molar-refractivity contribution in [2.45, 2.75) is 26.1 Å². The lowest BCUT2D eigenvalue weighted by Gasteiger charge is -2.33. The molecular formula is C13H19FN2O2S. The first kappa shape index (κ1) is 14.4. The molecule has 0 aliphatic carbocycles. The smallest absolute Gasteiger partial charge is 0.153 e. The van der Waals surface area contributed by atoms with Crippen LogP contribution in [0.25, 0.3) is 0 Å². The normalized spacial score (nSPS) is 23.4. The molecule has 0 radical (unpaired) electrons. The molecule has 1 aliphatic heterocycles. The number of benzene rings is 1. The van der Waals surface area contributed by atoms with Gasteiger partial charge < -0.3 is 5.73 Å². The summed E-state index contributed by atoms with van der Waals surface area (Å²) < 4.78 is 36.8. The summed E-state index contributed by atoms with van der Waals surface area (Å²) in [4.78, 5) is 2.00. The molecule has 19 heavy (non-hydrogen) atoms. The summed E-state index contributed by atoms with van der Waals surface area (Å²) in [5.74, 6) is 0.0265. The van der Waals surface area contributed by atoms with E-state index in [9.17, 15) is 12.8 Å². The third-order valence-corrected chi connectivity index (χ3v) is 5.32. The zero-order valence-electron chi connectivity index (χ0n) is 11.0. The van der Waals surface area contributed by atoms with E-state index in [4.69, 9.17) is 5.73 Å². The second-order valence-electron chi connectivity index (χ2n) is 5.06. The van der Waals surface area contributed by atoms with Gasteiger partial charge in [-0.05, 0) is 18.6 Å². The van der Waals surface area contributed by atoms with Gasteiger partial charge in [-0.15, -0.1) is 0 Å². The highest BCUT2D eigenvalue weighted by Gasteiger charge is 2.28. The Hall–Kier alpha value is -0.980. The molecule has 0 bridgehead atoms. The van der Waals surface area contributed by atoms with Crippen molar-refractivity contribution in [3.63, 3.8) is 0 Å². The largest absolute Gasteiger partial charge is 0.326 e. The average Bonchev–Trinajstić information content (AvgIpc) is 2.34. The fourth-order valence-corrected chi connectivity index (χ4v) is 3.99. The van der Waals surface area contributed by atoms with Crippen molar-refractivity contribution in [1.29, 1.82) is 0 Å². The van der Waals surface area contributed by atoms with Gasteiger partial charge in [-0.1, -0.05) is 12.1 Å². The Balaban J connectivity index is 2.13. The van der Waals surface area contributed by atoms with E-state index in [-0.39, 0.29) is 23.4 Å². The third-order valence-electron chi connectivity index (χ3n) is 3.53. The first-order valence-electron chi connectivity index (χ1n) is 6.33. The third kappa shape index (κ3) is 3.52. The van der Waals surface area contributed by atoms with Gasteiger partial charge in [0.25, 0.3) is 0 Å². The minimum Gasteiger partial charge on any atom is -0.326 e. The van der Waals surface area contributed by atoms with Crippen LogP contribution in [0.4, 0.5) is 4.39 Å². The maximum absolute atomic E-state index is 13.8. The molecule has 0 saturated carbocycles. The van der Waals surface area contributed by atoms with Gasteiger partial charge in [0, 0.05) is 31.2 Å². The Morgan fingerprint density at radius 1 is 1.47 bits per heavy atom. The van der Waals surface area contributed by atoms with Crippen molar-refractivity contribution in [3.05, 3.63) is 35.1 Å². The van der Waals surface area contributed by atoms with E-state index < -0.39 is 9.84 Å². The van der Waals surface area contributed by atoms with Crippen LogP contribution in [0.2, 0.25) is 0 Å². The van der Waals surface area contributed by atoms with Gasteiger partial charge in [-0.25, -0.2) is 12.8 Å². The van der Waals surface area contributed by atoms with Crippen LogP contribution in [0.1, 0.15) is 18.1 Å². The number of rotatable bonds is 3. The van der Waals surface area contributed by atoms with Crippen molar-refractivity contribution in [2.24, 2.45) is 5.73 Å². The summed E-state index contributed by atoms with van der Waals surface area (Å²) in [5.41, 5.74) is 7.01. The molecule has 1 aromatic carbocycles. The van der Waals surface area contributed by atoms with E-state index in [2.05, 4.69) is 0 Å². The van der Waals surface area contributed by atoms with Crippen molar-refractivity contribution >= 4 is 9.84 Å². The monoisotopic (exact) mass is 286 g/mol. The van der Waals surface area contributed by atoms with Crippen LogP contribution in [0.3, 0.4) is 0 Å². The highest BCUT2D eigenvalue weighted by molar-refractivity contribution is 7.91. The molecule has 1 atom stereocenters. The minimum atomic E-state index is -2.94. The molecular weight excluding hydrogens is 267 g/mol. The van der Waals surface area contributed by atoms with Crippen molar-refractivity contribution in [3.8, 4) is 0 Å². The van der Waals surface area contributed by atoms with Crippen LogP contribution in [-0.2, 0) is 22.9 Å². The van der Waals surface area contributed by atoms with E-state index in [1.807, 2.05) is 11.8 Å². The second-order valence-corrected chi connectivity index (χ2v) is 7.29. The maximum atomic E-state index is 13.8. The first-order chi connectivity index (χ1) is 8.91. The van der Waals surface area contributed by atoms with Crippen molar-refractivity contribution < 1.29 is 12.8 Å². The summed E-state index contributed by atoms with van der Waals surface area (Å²) in [6.07, 6.45) is 0. The van der Waals surface area contributed by atoms with Gasteiger partial charge in [-0.3, -0.25) is 4.90 Å². The summed E-state index contributed by atoms with van der Waals surface area (Å²) >= 11 is 0. The summed E-state index contributed by atoms with van der Waals surface area (Å²) in [6, 6.07) is 4.76. The Kier molecular flexibility index (Phi) is 4.23. The first-order valence-corrected chi connectivity index (χ1v) is 8.15. The lowest BCUT2D eigenvalue weighted by Crippen LogP contribution is -2.46. The van der Waals surface area contributed by atoms with Gasteiger partial charge in [0.05, 0.1) is 11.5 Å². The van der Waals surface area contributed by atoms with E-state index in [0.717, 1.165) is 5.56 Å². The van der Waals surface area contributed by atoms with Crippen LogP contribution in [0, 0.1) is 5.82 Å². The van der Waals surface area contributed by atoms with Crippen LogP contribution in [-0.4, -0.2) is 37.4 Å². The molecule has 2 N–H and O–H groups in total. The number of halogens is 1. The molecule has 6 heteroatoms. The van der Waals surface area contributed by atoms with E-state index in [1.54, 1.807) is 12.1 Å². The summed E-state index contributed by atoms with van der Waals surface area (Å²) in [5, 5.41) is 0. The molecule has 0 spiro atoms. The molecule has 1 saturated heterocycles. The van der Waals surface area contributed by atoms with Crippen LogP contribution >= 0.6 is 0 Å². The Morgan fingerprint density at radius 2 is 2.21 bits per heavy atom. The van der Waals surface area contributed by atoms with E-state index in [1.165, 1.54) is 6.07 Å². The molecule has 106 valence electrons. The number of sulfone groups is 1. The lowest BCUT2D eigenvalue weighted by molar-refractivity contribution is 0.215. The maximum Gasteiger partial charge on any atom is 0.153 e. The average molecular weight is 286 g/mol. The molecule has 0 amide bonds. The molecule has 2 rings (SSSR count). The second kappa shape index (κ2) is 5.56. The minimum absolute atomic E-state index is 0.0836. The van der Waals surface area contributed by atoms with Crippen molar-refractivity contribution in [2.75, 3.05) is 18.1 Å². The van der Waals surface area contributed by atoms with Gasteiger partial charge in [0.1, 0.15) is 5.82 Å². The highest BCUT2D eigenvalue weighted by Crippen LogP contribution is 2.18. The van der Waals surface area contributed by atoms with Gasteiger partial charge >= 0.3 is 0 Å². The molecule has 1 heterocycles. The molecule has 4 nitrogen and oxygen atoms in total. The van der Waals surface area contributed by atoms with Crippen LogP contribution in [0.15, 0.2) is 18.2 Å². The number of hydrogen-bond donors (Lipinski definition) is 1. The fourth-order valence-electron chi connectivity index (χ4n) is 2.36. The van der Waals surface area contributed by atoms with Gasteiger partial charge in [0.2, 0.25) is 0 Å². The lowest BCUT2D eigenvalue weighted by atomic mass is 10.1. The fraction of sp³-hybridized carbons (Fsp3) is 0.538. The zero-order chi connectivity index (χ0) is 14.0. The van der Waals surface area contributed by atoms with Gasteiger partial charge in [0.15, 0.2) is 9.84 Å². The predicted octanol–water partition coefficient (Wildman–Crippen LogP) is 0.903. The molecule has 1 unspecified atom stereocenters. The standard InChI is InChI=1S/C13H19FN2O2S/c1-10-9-19(17,18)5-4-16(10)8-12-6-11(7-15)2-3-13(12)14/h2-3,6,10H,4-5,7-9,15H2,1H3. The predicted molar refractivity (Wildman–Crippen MR) is 72.8 cm³/mol. The molecule has 1 aliphatic rings. The summed E-state index contributed by atoms with van der Waals surface area (Å²) in [7, 11) is -2.94. The Bertz CT molecular complexity index is 560. The van der Waals surface area contributed by atoms with E-state index >= 15 is 0 Å². The SMILES string of the molecule is CC1CS(=O)(=O)CCN1Cc1cc(CN)ccc1F. The molecule has 1 fully saturated rings. The van der Waals surface area contributed by atoms with Crippen LogP contribution < -0.4 is 5.73 Å². The Labute approximate surface area is 113 Å². The van der Waals surface area contributed by atoms with Crippen molar-refractivity contribution in [1.82, 2.24) is 4.90 Å². The number of hydrogen-bond acceptors (Lipinski definition) is 4. The Morgan fingerprint density at radius 3 is 2.84 bits per heavy atom. The quantitative estimate of drug-likeness (QED) is 0.897. The van der Waals surface area contributed by atoms with Crippen LogP contribution in [0.5, 0.6) is 0 Å². The summed E-state index contributed by atoms with van der Waals surface area (Å²) in [6.45, 7) is 3.12. The highest BCUT2D eigenvalue weighted by atomic mass is 32.2. The number of nitrogens with zero attached hydrogens (tertiary/aromatic N) is 1. The van der Waals surface area contributed by atoms with Gasteiger partial charge in [-0.2, -0.15) is 0 Å². The number of nitrogens with two attached hydrogens (primary N) is 1. The molecule has 0 aromatic heterocycles. The zero-order valence-corrected chi connectivity index (χ0v) is 11.8. The van der Waals surface area contributed by atoms with E-state index in [0.29, 0.717) is 25.2 Å². The topological polar surface area (TPSA) is 63.4 Å².